The van der Waals surface area contributed by atoms with E-state index in [0.29, 0.717) is 13.1 Å². The van der Waals surface area contributed by atoms with Gasteiger partial charge in [-0.15, -0.1) is 11.3 Å². The minimum absolute atomic E-state index is 0.0396. The topological polar surface area (TPSA) is 55.1 Å². The first kappa shape index (κ1) is 13.7. The minimum Gasteiger partial charge on any atom is -0.351 e. The fourth-order valence-corrected chi connectivity index (χ4v) is 2.86. The Morgan fingerprint density at radius 1 is 1.62 bits per heavy atom. The summed E-state index contributed by atoms with van der Waals surface area (Å²) in [4.78, 5) is 13.0. The van der Waals surface area contributed by atoms with E-state index in [1.807, 2.05) is 25.3 Å². The lowest BCUT2D eigenvalue weighted by Gasteiger charge is -2.17. The molecule has 1 atom stereocenters. The average molecular weight is 305 g/mol. The minimum atomic E-state index is -0.0984. The third-order valence-corrected chi connectivity index (χ3v) is 4.44. The van der Waals surface area contributed by atoms with E-state index in [4.69, 9.17) is 5.73 Å². The lowest BCUT2D eigenvalue weighted by Crippen LogP contribution is -2.37. The predicted octanol–water partition coefficient (Wildman–Crippen LogP) is 2.36. The van der Waals surface area contributed by atoms with Crippen molar-refractivity contribution in [2.75, 3.05) is 6.54 Å². The Morgan fingerprint density at radius 2 is 2.31 bits per heavy atom. The first-order chi connectivity index (χ1) is 7.56. The molecule has 1 rings (SSSR count). The highest BCUT2D eigenvalue weighted by atomic mass is 79.9. The van der Waals surface area contributed by atoms with Gasteiger partial charge in [0, 0.05) is 15.9 Å². The highest BCUT2D eigenvalue weighted by Gasteiger charge is 2.20. The SMILES string of the molecule is CC(C)C(CN)C(=O)NCc1sccc1Br. The molecule has 1 heterocycles. The summed E-state index contributed by atoms with van der Waals surface area (Å²) < 4.78 is 1.05. The Labute approximate surface area is 109 Å². The Balaban J connectivity index is 2.49. The maximum absolute atomic E-state index is 11.8. The molecular formula is C11H17BrN2OS. The molecule has 0 saturated carbocycles. The fraction of sp³-hybridized carbons (Fsp3) is 0.545. The van der Waals surface area contributed by atoms with Crippen molar-refractivity contribution in [1.82, 2.24) is 5.32 Å². The molecule has 0 aromatic carbocycles. The molecule has 1 aromatic heterocycles. The van der Waals surface area contributed by atoms with Crippen molar-refractivity contribution in [1.29, 1.82) is 0 Å². The number of hydrogen-bond acceptors (Lipinski definition) is 3. The van der Waals surface area contributed by atoms with Gasteiger partial charge in [0.1, 0.15) is 0 Å². The summed E-state index contributed by atoms with van der Waals surface area (Å²) in [5.41, 5.74) is 5.59. The predicted molar refractivity (Wildman–Crippen MR) is 71.2 cm³/mol. The first-order valence-electron chi connectivity index (χ1n) is 5.26. The number of carbonyl (C=O) groups is 1. The second-order valence-electron chi connectivity index (χ2n) is 4.00. The van der Waals surface area contributed by atoms with Gasteiger partial charge in [0.15, 0.2) is 0 Å². The number of nitrogens with two attached hydrogens (primary N) is 1. The van der Waals surface area contributed by atoms with Crippen molar-refractivity contribution >= 4 is 33.2 Å². The number of carbonyl (C=O) groups excluding carboxylic acids is 1. The lowest BCUT2D eigenvalue weighted by atomic mass is 9.95. The van der Waals surface area contributed by atoms with Gasteiger partial charge < -0.3 is 11.1 Å². The highest BCUT2D eigenvalue weighted by molar-refractivity contribution is 9.10. The van der Waals surface area contributed by atoms with Crippen LogP contribution in [0, 0.1) is 11.8 Å². The number of nitrogens with one attached hydrogen (secondary N) is 1. The van der Waals surface area contributed by atoms with Crippen LogP contribution in [0.3, 0.4) is 0 Å². The monoisotopic (exact) mass is 304 g/mol. The van der Waals surface area contributed by atoms with Crippen LogP contribution in [0.15, 0.2) is 15.9 Å². The Bertz CT molecular complexity index is 352. The van der Waals surface area contributed by atoms with Gasteiger partial charge in [-0.05, 0) is 33.3 Å². The summed E-state index contributed by atoms with van der Waals surface area (Å²) in [6, 6.07) is 1.98. The zero-order chi connectivity index (χ0) is 12.1. The molecule has 0 saturated heterocycles. The number of thiophene rings is 1. The molecule has 1 amide bonds. The summed E-state index contributed by atoms with van der Waals surface area (Å²) in [6.07, 6.45) is 0. The van der Waals surface area contributed by atoms with Gasteiger partial charge >= 0.3 is 0 Å². The molecule has 0 aliphatic carbocycles. The van der Waals surface area contributed by atoms with Gasteiger partial charge in [-0.3, -0.25) is 4.79 Å². The van der Waals surface area contributed by atoms with E-state index >= 15 is 0 Å². The van der Waals surface area contributed by atoms with Crippen LogP contribution in [0.4, 0.5) is 0 Å². The second kappa shape index (κ2) is 6.37. The second-order valence-corrected chi connectivity index (χ2v) is 5.85. The van der Waals surface area contributed by atoms with Crippen molar-refractivity contribution in [3.05, 3.63) is 20.8 Å². The standard InChI is InChI=1S/C11H17BrN2OS/c1-7(2)8(5-13)11(15)14-6-10-9(12)3-4-16-10/h3-4,7-8H,5-6,13H2,1-2H3,(H,14,15). The molecule has 5 heteroatoms. The van der Waals surface area contributed by atoms with E-state index in [2.05, 4.69) is 21.2 Å². The van der Waals surface area contributed by atoms with E-state index in [1.165, 1.54) is 0 Å². The van der Waals surface area contributed by atoms with E-state index in [0.717, 1.165) is 9.35 Å². The van der Waals surface area contributed by atoms with Crippen LogP contribution in [0.5, 0.6) is 0 Å². The summed E-state index contributed by atoms with van der Waals surface area (Å²) in [5, 5.41) is 4.91. The molecule has 1 unspecified atom stereocenters. The zero-order valence-corrected chi connectivity index (χ0v) is 11.9. The Morgan fingerprint density at radius 3 is 2.75 bits per heavy atom. The maximum Gasteiger partial charge on any atom is 0.224 e. The molecule has 16 heavy (non-hydrogen) atoms. The molecule has 0 spiro atoms. The molecule has 0 fully saturated rings. The molecule has 0 aliphatic heterocycles. The molecule has 3 N–H and O–H groups in total. The van der Waals surface area contributed by atoms with Crippen LogP contribution < -0.4 is 11.1 Å². The molecule has 0 aliphatic rings. The Kier molecular flexibility index (Phi) is 5.44. The van der Waals surface area contributed by atoms with Gasteiger partial charge in [-0.25, -0.2) is 0 Å². The summed E-state index contributed by atoms with van der Waals surface area (Å²) in [7, 11) is 0. The first-order valence-corrected chi connectivity index (χ1v) is 6.93. The summed E-state index contributed by atoms with van der Waals surface area (Å²) >= 11 is 5.06. The van der Waals surface area contributed by atoms with E-state index in [1.54, 1.807) is 11.3 Å². The van der Waals surface area contributed by atoms with E-state index in [-0.39, 0.29) is 17.7 Å². The zero-order valence-electron chi connectivity index (χ0n) is 9.50. The third-order valence-electron chi connectivity index (χ3n) is 2.51. The molecule has 0 radical (unpaired) electrons. The number of halogens is 1. The van der Waals surface area contributed by atoms with Crippen molar-refractivity contribution < 1.29 is 4.79 Å². The maximum atomic E-state index is 11.8. The van der Waals surface area contributed by atoms with E-state index in [9.17, 15) is 4.79 Å². The molecular weight excluding hydrogens is 288 g/mol. The smallest absolute Gasteiger partial charge is 0.224 e. The van der Waals surface area contributed by atoms with Gasteiger partial charge in [0.05, 0.1) is 12.5 Å². The van der Waals surface area contributed by atoms with Crippen LogP contribution in [0.1, 0.15) is 18.7 Å². The highest BCUT2D eigenvalue weighted by Crippen LogP contribution is 2.22. The molecule has 3 nitrogen and oxygen atoms in total. The quantitative estimate of drug-likeness (QED) is 0.877. The third kappa shape index (κ3) is 3.57. The van der Waals surface area contributed by atoms with Crippen LogP contribution in [0.25, 0.3) is 0 Å². The molecule has 0 bridgehead atoms. The van der Waals surface area contributed by atoms with Crippen LogP contribution in [-0.4, -0.2) is 12.5 Å². The van der Waals surface area contributed by atoms with Gasteiger partial charge in [-0.2, -0.15) is 0 Å². The normalized spacial score (nSPS) is 12.8. The lowest BCUT2D eigenvalue weighted by molar-refractivity contribution is -0.126. The number of amides is 1. The van der Waals surface area contributed by atoms with Gasteiger partial charge in [-0.1, -0.05) is 13.8 Å². The summed E-state index contributed by atoms with van der Waals surface area (Å²) in [6.45, 7) is 4.99. The molecule has 90 valence electrons. The number of rotatable bonds is 5. The molecule has 1 aromatic rings. The van der Waals surface area contributed by atoms with Crippen LogP contribution >= 0.6 is 27.3 Å². The van der Waals surface area contributed by atoms with Crippen molar-refractivity contribution in [2.24, 2.45) is 17.6 Å². The van der Waals surface area contributed by atoms with Gasteiger partial charge in [0.2, 0.25) is 5.91 Å². The van der Waals surface area contributed by atoms with Crippen molar-refractivity contribution in [3.8, 4) is 0 Å². The largest absolute Gasteiger partial charge is 0.351 e. The van der Waals surface area contributed by atoms with Crippen LogP contribution in [0.2, 0.25) is 0 Å². The number of hydrogen-bond donors (Lipinski definition) is 2. The van der Waals surface area contributed by atoms with Gasteiger partial charge in [0.25, 0.3) is 0 Å². The fourth-order valence-electron chi connectivity index (χ4n) is 1.43. The van der Waals surface area contributed by atoms with E-state index < -0.39 is 0 Å². The van der Waals surface area contributed by atoms with Crippen molar-refractivity contribution in [2.45, 2.75) is 20.4 Å². The Hall–Kier alpha value is -0.390. The van der Waals surface area contributed by atoms with Crippen molar-refractivity contribution in [3.63, 3.8) is 0 Å². The van der Waals surface area contributed by atoms with Crippen LogP contribution in [-0.2, 0) is 11.3 Å². The average Bonchev–Trinajstić information content (AvgIpc) is 2.61. The summed E-state index contributed by atoms with van der Waals surface area (Å²) in [5.74, 6) is 0.216.